The molecule has 4 aromatic rings. The molecular weight excluding hydrogens is 532 g/mol. The van der Waals surface area contributed by atoms with Crippen molar-refractivity contribution in [3.8, 4) is 11.5 Å². The number of benzene rings is 2. The lowest BCUT2D eigenvalue weighted by Gasteiger charge is -2.37. The minimum Gasteiger partial charge on any atom is -0.469 e. The van der Waals surface area contributed by atoms with Crippen molar-refractivity contribution in [3.05, 3.63) is 54.0 Å². The number of methoxy groups -OCH3 is 1. The number of hydrogen-bond donors (Lipinski definition) is 0. The van der Waals surface area contributed by atoms with E-state index in [0.717, 1.165) is 23.8 Å². The van der Waals surface area contributed by atoms with E-state index < -0.39 is 17.9 Å². The van der Waals surface area contributed by atoms with Crippen LogP contribution in [0.2, 0.25) is 0 Å². The Balaban J connectivity index is 1.22. The predicted octanol–water partition coefficient (Wildman–Crippen LogP) is 5.70. The summed E-state index contributed by atoms with van der Waals surface area (Å²) in [6, 6.07) is 9.76. The highest BCUT2D eigenvalue weighted by Crippen LogP contribution is 2.36. The third-order valence-corrected chi connectivity index (χ3v) is 8.39. The maximum Gasteiger partial charge on any atom is 0.330 e. The van der Waals surface area contributed by atoms with Gasteiger partial charge >= 0.3 is 11.9 Å². The lowest BCUT2D eigenvalue weighted by Crippen LogP contribution is -2.54. The van der Waals surface area contributed by atoms with Crippen molar-refractivity contribution in [1.29, 1.82) is 0 Å². The number of ether oxygens (including phenoxy) is 2. The summed E-state index contributed by atoms with van der Waals surface area (Å²) >= 11 is 0. The minimum atomic E-state index is -2.54. The van der Waals surface area contributed by atoms with Gasteiger partial charge in [-0.2, -0.15) is 4.39 Å². The van der Waals surface area contributed by atoms with E-state index in [9.17, 15) is 14.0 Å². The molecule has 2 fully saturated rings. The second-order valence-corrected chi connectivity index (χ2v) is 11.1. The van der Waals surface area contributed by atoms with E-state index in [-0.39, 0.29) is 24.1 Å². The zero-order chi connectivity index (χ0) is 28.7. The van der Waals surface area contributed by atoms with E-state index in [1.165, 1.54) is 24.1 Å². The molecule has 10 heteroatoms. The quantitative estimate of drug-likeness (QED) is 0.200. The number of aryl methyl sites for hydroxylation is 1. The van der Waals surface area contributed by atoms with Crippen molar-refractivity contribution < 1.29 is 32.3 Å². The highest BCUT2D eigenvalue weighted by atomic mass is 19.2. The van der Waals surface area contributed by atoms with Gasteiger partial charge in [0.15, 0.2) is 5.58 Å². The minimum absolute atomic E-state index is 0.177. The number of nitrogens with zero attached hydrogens (tertiary/aromatic N) is 3. The molecule has 2 aliphatic rings. The number of carbonyl (C=O) groups is 2. The second-order valence-electron chi connectivity index (χ2n) is 11.1. The summed E-state index contributed by atoms with van der Waals surface area (Å²) in [5.74, 6) is -3.63. The van der Waals surface area contributed by atoms with Crippen LogP contribution in [-0.2, 0) is 32.5 Å². The van der Waals surface area contributed by atoms with Crippen molar-refractivity contribution in [2.75, 3.05) is 20.2 Å². The van der Waals surface area contributed by atoms with E-state index in [1.54, 1.807) is 24.3 Å². The van der Waals surface area contributed by atoms with E-state index >= 15 is 4.39 Å². The highest BCUT2D eigenvalue weighted by molar-refractivity contribution is 5.95. The lowest BCUT2D eigenvalue weighted by molar-refractivity contribution is -0.252. The summed E-state index contributed by atoms with van der Waals surface area (Å²) < 4.78 is 49.1. The Labute approximate surface area is 236 Å². The maximum absolute atomic E-state index is 16.6. The molecule has 0 N–H and O–H groups in total. The van der Waals surface area contributed by atoms with Crippen LogP contribution in [0.4, 0.5) is 8.78 Å². The fraction of sp³-hybridized carbons (Fsp3) is 0.452. The first-order valence-electron chi connectivity index (χ1n) is 14.1. The highest BCUT2D eigenvalue weighted by Gasteiger charge is 2.48. The number of alkyl halides is 1. The van der Waals surface area contributed by atoms with E-state index in [0.29, 0.717) is 66.8 Å². The van der Waals surface area contributed by atoms with Crippen molar-refractivity contribution >= 4 is 33.8 Å². The van der Waals surface area contributed by atoms with Crippen molar-refractivity contribution in [3.63, 3.8) is 0 Å². The molecule has 1 saturated carbocycles. The topological polar surface area (TPSA) is 86.8 Å². The lowest BCUT2D eigenvalue weighted by atomic mass is 9.87. The van der Waals surface area contributed by atoms with E-state index in [1.807, 2.05) is 17.8 Å². The first-order chi connectivity index (χ1) is 19.7. The molecule has 0 spiro atoms. The Morgan fingerprint density at radius 3 is 2.59 bits per heavy atom. The number of hydrogen-bond acceptors (Lipinski definition) is 7. The van der Waals surface area contributed by atoms with Crippen LogP contribution >= 0.6 is 0 Å². The summed E-state index contributed by atoms with van der Waals surface area (Å²) in [6.07, 6.45) is 4.84. The molecule has 0 radical (unpaired) electrons. The van der Waals surface area contributed by atoms with Gasteiger partial charge in [0.1, 0.15) is 11.3 Å². The number of rotatable bonds is 8. The van der Waals surface area contributed by atoms with Gasteiger partial charge in [0.05, 0.1) is 30.2 Å². The van der Waals surface area contributed by atoms with Crippen molar-refractivity contribution in [2.45, 2.75) is 57.0 Å². The Bertz CT molecular complexity index is 1600. The number of carbonyl (C=O) groups excluding carboxylic acids is 2. The molecular formula is C31H33F2N3O5. The van der Waals surface area contributed by atoms with Crippen LogP contribution < -0.4 is 0 Å². The van der Waals surface area contributed by atoms with Crippen molar-refractivity contribution in [1.82, 2.24) is 14.5 Å². The van der Waals surface area contributed by atoms with Gasteiger partial charge in [-0.15, -0.1) is 0 Å². The molecule has 1 saturated heterocycles. The third kappa shape index (κ3) is 5.26. The number of likely N-dealkylation sites (tertiary alicyclic amines) is 1. The molecule has 2 aromatic carbocycles. The zero-order valence-corrected chi connectivity index (χ0v) is 23.2. The summed E-state index contributed by atoms with van der Waals surface area (Å²) in [6.45, 7) is 0.887. The molecule has 1 aliphatic carbocycles. The number of ketones is 1. The summed E-state index contributed by atoms with van der Waals surface area (Å²) in [5.41, 5.74) is 3.10. The number of halogens is 2. The molecule has 2 aromatic heterocycles. The molecule has 0 amide bonds. The summed E-state index contributed by atoms with van der Waals surface area (Å²) in [5, 5.41) is 0.807. The van der Waals surface area contributed by atoms with Crippen molar-refractivity contribution in [2.24, 2.45) is 13.0 Å². The average molecular weight is 566 g/mol. The number of oxazole rings is 1. The maximum atomic E-state index is 16.6. The fourth-order valence-corrected chi connectivity index (χ4v) is 6.14. The Morgan fingerprint density at radius 1 is 1.10 bits per heavy atom. The molecule has 1 aliphatic heterocycles. The molecule has 3 heterocycles. The largest absolute Gasteiger partial charge is 0.469 e. The Kier molecular flexibility index (Phi) is 7.37. The number of Topliss-reactive ketones (excluding diaryl/α,β-unsaturated/α-hetero) is 1. The molecule has 216 valence electrons. The Morgan fingerprint density at radius 2 is 1.85 bits per heavy atom. The van der Waals surface area contributed by atoms with Crippen LogP contribution in [0.5, 0.6) is 0 Å². The predicted molar refractivity (Wildman–Crippen MR) is 148 cm³/mol. The van der Waals surface area contributed by atoms with Crippen LogP contribution in [0.1, 0.15) is 44.1 Å². The van der Waals surface area contributed by atoms with Gasteiger partial charge in [-0.1, -0.05) is 6.07 Å². The fourth-order valence-electron chi connectivity index (χ4n) is 6.14. The van der Waals surface area contributed by atoms with Crippen LogP contribution in [0.3, 0.4) is 0 Å². The van der Waals surface area contributed by atoms with Crippen LogP contribution in [0.25, 0.3) is 33.5 Å². The van der Waals surface area contributed by atoms with Crippen LogP contribution in [0.15, 0.2) is 47.0 Å². The first-order valence-corrected chi connectivity index (χ1v) is 14.1. The number of aromatic nitrogens is 2. The van der Waals surface area contributed by atoms with E-state index in [4.69, 9.17) is 13.9 Å². The first kappa shape index (κ1) is 27.5. The number of esters is 1. The summed E-state index contributed by atoms with van der Waals surface area (Å²) in [7, 11) is 3.19. The van der Waals surface area contributed by atoms with Crippen LogP contribution in [0, 0.1) is 11.7 Å². The van der Waals surface area contributed by atoms with Gasteiger partial charge in [-0.05, 0) is 74.4 Å². The smallest absolute Gasteiger partial charge is 0.330 e. The van der Waals surface area contributed by atoms with E-state index in [2.05, 4.69) is 4.98 Å². The molecule has 1 atom stereocenters. The molecule has 8 nitrogen and oxygen atoms in total. The SMILES string of the molecule is COC(=O)C1CCC(OC(F)(C(=O)Cc2ccc3nc(-c4cn(C)c5cc(F)ccc45)oc3c2)N2CCCC2)CC1. The van der Waals surface area contributed by atoms with Crippen LogP contribution in [-0.4, -0.2) is 58.5 Å². The standard InChI is InChI=1S/C31H33F2N3O5/c1-35-18-24(23-11-8-21(32)17-26(23)35)29-34-25-12-5-19(15-27(25)40-29)16-28(37)31(33,36-13-3-4-14-36)41-22-9-6-20(7-10-22)30(38)39-2/h5,8,11-12,15,17-18,20,22H,3-4,6-7,9-10,13-14,16H2,1-2H3. The number of fused-ring (bicyclic) bond motifs is 2. The van der Waals surface area contributed by atoms with Gasteiger partial charge in [0, 0.05) is 38.1 Å². The zero-order valence-electron chi connectivity index (χ0n) is 23.2. The monoisotopic (exact) mass is 565 g/mol. The molecule has 1 unspecified atom stereocenters. The van der Waals surface area contributed by atoms with Gasteiger partial charge < -0.3 is 18.5 Å². The van der Waals surface area contributed by atoms with Gasteiger partial charge in [0.25, 0.3) is 0 Å². The van der Waals surface area contributed by atoms with Gasteiger partial charge in [0.2, 0.25) is 11.7 Å². The Hall–Kier alpha value is -3.63. The second kappa shape index (κ2) is 11.0. The molecule has 0 bridgehead atoms. The molecule has 6 rings (SSSR count). The normalized spacial score (nSPS) is 21.4. The third-order valence-electron chi connectivity index (χ3n) is 8.39. The van der Waals surface area contributed by atoms with Gasteiger partial charge in [-0.3, -0.25) is 9.59 Å². The molecule has 41 heavy (non-hydrogen) atoms. The summed E-state index contributed by atoms with van der Waals surface area (Å²) in [4.78, 5) is 31.6. The van der Waals surface area contributed by atoms with Gasteiger partial charge in [-0.25, -0.2) is 14.3 Å². The average Bonchev–Trinajstić information content (AvgIpc) is 3.72.